The van der Waals surface area contributed by atoms with E-state index in [1.807, 2.05) is 30.7 Å². The van der Waals surface area contributed by atoms with Crippen molar-refractivity contribution in [1.29, 1.82) is 0 Å². The standard InChI is InChI=1S/C26H28F3N5O/c1-15-21(7-6-8-23(15)26(27,28)29)16(2)31-24-22-13-20(14-30-25(22)33(5)17(3)32-24)19-9-11-34(12-10-19)18(4)35/h6-9,13-14,16H,10-12H2,1-5H3/t16-/m1/s1. The van der Waals surface area contributed by atoms with Crippen LogP contribution in [0.15, 0.2) is 41.5 Å². The summed E-state index contributed by atoms with van der Waals surface area (Å²) in [6, 6.07) is 5.62. The molecule has 3 aromatic rings. The first-order valence-electron chi connectivity index (χ1n) is 11.5. The first-order valence-corrected chi connectivity index (χ1v) is 11.5. The molecular formula is C26H28F3N5O. The topological polar surface area (TPSA) is 63.4 Å². The van der Waals surface area contributed by atoms with Crippen LogP contribution in [-0.4, -0.2) is 38.4 Å². The molecule has 6 nitrogen and oxygen atoms in total. The highest BCUT2D eigenvalue weighted by atomic mass is 19.4. The van der Waals surface area contributed by atoms with Gasteiger partial charge < -0.3 is 9.47 Å². The Bertz CT molecular complexity index is 1400. The number of benzene rings is 1. The zero-order valence-electron chi connectivity index (χ0n) is 20.4. The summed E-state index contributed by atoms with van der Waals surface area (Å²) in [6.07, 6.45) is 0.124. The maximum atomic E-state index is 13.4. The van der Waals surface area contributed by atoms with Crippen LogP contribution >= 0.6 is 0 Å². The van der Waals surface area contributed by atoms with Gasteiger partial charge in [-0.05, 0) is 61.6 Å². The second kappa shape index (κ2) is 9.28. The number of halogens is 3. The van der Waals surface area contributed by atoms with Gasteiger partial charge in [-0.1, -0.05) is 18.2 Å². The van der Waals surface area contributed by atoms with Crippen LogP contribution < -0.4 is 5.49 Å². The number of alkyl halides is 3. The largest absolute Gasteiger partial charge is 0.416 e. The molecule has 0 saturated heterocycles. The maximum absolute atomic E-state index is 13.4. The molecule has 0 fully saturated rings. The van der Waals surface area contributed by atoms with Crippen LogP contribution in [0.4, 0.5) is 13.2 Å². The van der Waals surface area contributed by atoms with Gasteiger partial charge in [0.25, 0.3) is 0 Å². The van der Waals surface area contributed by atoms with E-state index in [1.54, 1.807) is 31.0 Å². The Kier molecular flexibility index (Phi) is 6.53. The molecule has 0 radical (unpaired) electrons. The summed E-state index contributed by atoms with van der Waals surface area (Å²) in [5, 5.41) is 0.724. The predicted molar refractivity (Wildman–Crippen MR) is 128 cm³/mol. The Hall–Kier alpha value is -3.49. The van der Waals surface area contributed by atoms with Crippen LogP contribution in [0.1, 0.15) is 54.4 Å². The number of aryl methyl sites for hydroxylation is 2. The molecule has 0 aliphatic carbocycles. The Morgan fingerprint density at radius 2 is 1.97 bits per heavy atom. The van der Waals surface area contributed by atoms with Crippen LogP contribution in [0.3, 0.4) is 0 Å². The quantitative estimate of drug-likeness (QED) is 0.532. The normalized spacial score (nSPS) is 15.9. The summed E-state index contributed by atoms with van der Waals surface area (Å²) in [6.45, 7) is 7.84. The lowest BCUT2D eigenvalue weighted by atomic mass is 9.97. The van der Waals surface area contributed by atoms with E-state index >= 15 is 0 Å². The minimum atomic E-state index is -4.42. The number of nitrogens with zero attached hydrogens (tertiary/aromatic N) is 5. The molecule has 1 amide bonds. The average molecular weight is 484 g/mol. The summed E-state index contributed by atoms with van der Waals surface area (Å²) >= 11 is 0. The second-order valence-electron chi connectivity index (χ2n) is 8.90. The summed E-state index contributed by atoms with van der Waals surface area (Å²) < 4.78 is 42.2. The zero-order chi connectivity index (χ0) is 25.5. The summed E-state index contributed by atoms with van der Waals surface area (Å²) in [5.41, 5.74) is 3.16. The maximum Gasteiger partial charge on any atom is 0.416 e. The Balaban J connectivity index is 1.83. The van der Waals surface area contributed by atoms with Gasteiger partial charge in [-0.3, -0.25) is 9.79 Å². The Labute approximate surface area is 201 Å². The summed E-state index contributed by atoms with van der Waals surface area (Å²) in [5.74, 6) is 0.738. The van der Waals surface area contributed by atoms with Crippen LogP contribution in [0.5, 0.6) is 0 Å². The van der Waals surface area contributed by atoms with Crippen molar-refractivity contribution in [2.75, 3.05) is 13.1 Å². The number of rotatable bonds is 3. The molecule has 0 saturated carbocycles. The lowest BCUT2D eigenvalue weighted by molar-refractivity contribution is -0.138. The average Bonchev–Trinajstić information content (AvgIpc) is 2.81. The molecule has 0 bridgehead atoms. The highest BCUT2D eigenvalue weighted by Gasteiger charge is 2.33. The summed E-state index contributed by atoms with van der Waals surface area (Å²) in [4.78, 5) is 27.5. The molecular weight excluding hydrogens is 455 g/mol. The van der Waals surface area contributed by atoms with E-state index in [4.69, 9.17) is 4.99 Å². The molecule has 0 spiro atoms. The monoisotopic (exact) mass is 483 g/mol. The number of hydrogen-bond donors (Lipinski definition) is 0. The molecule has 3 heterocycles. The van der Waals surface area contributed by atoms with E-state index in [-0.39, 0.29) is 11.5 Å². The van der Waals surface area contributed by atoms with Crippen molar-refractivity contribution in [3.8, 4) is 0 Å². The fourth-order valence-electron chi connectivity index (χ4n) is 4.49. The lowest BCUT2D eigenvalue weighted by Crippen LogP contribution is -2.32. The molecule has 4 rings (SSSR count). The van der Waals surface area contributed by atoms with Crippen LogP contribution in [0.2, 0.25) is 0 Å². The van der Waals surface area contributed by atoms with Gasteiger partial charge in [0.15, 0.2) is 5.49 Å². The molecule has 9 heteroatoms. The number of amides is 1. The van der Waals surface area contributed by atoms with E-state index in [9.17, 15) is 18.0 Å². The van der Waals surface area contributed by atoms with Crippen molar-refractivity contribution in [2.45, 2.75) is 46.3 Å². The van der Waals surface area contributed by atoms with E-state index in [0.29, 0.717) is 42.0 Å². The third kappa shape index (κ3) is 4.85. The minimum Gasteiger partial charge on any atom is -0.339 e. The molecule has 1 aliphatic rings. The smallest absolute Gasteiger partial charge is 0.339 e. The van der Waals surface area contributed by atoms with Gasteiger partial charge in [-0.2, -0.15) is 13.2 Å². The van der Waals surface area contributed by atoms with Crippen LogP contribution in [0.25, 0.3) is 16.6 Å². The number of aromatic nitrogens is 3. The highest BCUT2D eigenvalue weighted by molar-refractivity contribution is 5.81. The number of carbonyl (C=O) groups is 1. The van der Waals surface area contributed by atoms with Crippen LogP contribution in [0, 0.1) is 13.8 Å². The van der Waals surface area contributed by atoms with Gasteiger partial charge in [0.05, 0.1) is 17.0 Å². The molecule has 35 heavy (non-hydrogen) atoms. The third-order valence-electron chi connectivity index (χ3n) is 6.65. The SMILES string of the molecule is CC(=O)N1CC=C(c2cnc3c(c2)c(=N[C@H](C)c2cccc(C(F)(F)F)c2C)nc(C)n3C)CC1. The lowest BCUT2D eigenvalue weighted by Gasteiger charge is -2.25. The van der Waals surface area contributed by atoms with Crippen molar-refractivity contribution in [3.05, 3.63) is 70.1 Å². The number of pyridine rings is 1. The number of carbonyl (C=O) groups excluding carboxylic acids is 1. The molecule has 1 atom stereocenters. The fourth-order valence-corrected chi connectivity index (χ4v) is 4.49. The van der Waals surface area contributed by atoms with Crippen molar-refractivity contribution in [2.24, 2.45) is 12.0 Å². The fraction of sp³-hybridized carbons (Fsp3) is 0.385. The molecule has 1 aromatic carbocycles. The Morgan fingerprint density at radius 1 is 1.23 bits per heavy atom. The first-order chi connectivity index (χ1) is 16.5. The number of hydrogen-bond acceptors (Lipinski definition) is 4. The summed E-state index contributed by atoms with van der Waals surface area (Å²) in [7, 11) is 1.87. The zero-order valence-corrected chi connectivity index (χ0v) is 20.4. The van der Waals surface area contributed by atoms with Gasteiger partial charge >= 0.3 is 6.18 Å². The third-order valence-corrected chi connectivity index (χ3v) is 6.65. The van der Waals surface area contributed by atoms with Gasteiger partial charge in [-0.25, -0.2) is 9.97 Å². The van der Waals surface area contributed by atoms with E-state index in [2.05, 4.69) is 9.97 Å². The Morgan fingerprint density at radius 3 is 2.60 bits per heavy atom. The molecule has 2 aromatic heterocycles. The molecule has 0 unspecified atom stereocenters. The van der Waals surface area contributed by atoms with Crippen LogP contribution in [-0.2, 0) is 18.0 Å². The van der Waals surface area contributed by atoms with Crippen molar-refractivity contribution in [1.82, 2.24) is 19.4 Å². The van der Waals surface area contributed by atoms with Crippen molar-refractivity contribution in [3.63, 3.8) is 0 Å². The molecule has 0 N–H and O–H groups in total. The van der Waals surface area contributed by atoms with Gasteiger partial charge in [-0.15, -0.1) is 0 Å². The van der Waals surface area contributed by atoms with E-state index in [1.165, 1.54) is 13.0 Å². The highest BCUT2D eigenvalue weighted by Crippen LogP contribution is 2.35. The molecule has 1 aliphatic heterocycles. The second-order valence-corrected chi connectivity index (χ2v) is 8.90. The minimum absolute atomic E-state index is 0.0450. The van der Waals surface area contributed by atoms with Gasteiger partial charge in [0.2, 0.25) is 5.91 Å². The van der Waals surface area contributed by atoms with Crippen molar-refractivity contribution < 1.29 is 18.0 Å². The molecule has 184 valence electrons. The first kappa shape index (κ1) is 24.6. The number of fused-ring (bicyclic) bond motifs is 1. The van der Waals surface area contributed by atoms with Gasteiger partial charge in [0, 0.05) is 33.3 Å². The van der Waals surface area contributed by atoms with Crippen molar-refractivity contribution >= 4 is 22.5 Å². The van der Waals surface area contributed by atoms with Gasteiger partial charge in [0.1, 0.15) is 11.5 Å². The predicted octanol–water partition coefficient (Wildman–Crippen LogP) is 4.90. The van der Waals surface area contributed by atoms with E-state index < -0.39 is 17.8 Å². The van der Waals surface area contributed by atoms with E-state index in [0.717, 1.165) is 22.6 Å².